The molecule has 4 rings (SSSR count). The van der Waals surface area contributed by atoms with Gasteiger partial charge >= 0.3 is 6.03 Å². The van der Waals surface area contributed by atoms with E-state index in [4.69, 9.17) is 11.6 Å². The molecule has 3 amide bonds. The van der Waals surface area contributed by atoms with Crippen molar-refractivity contribution in [1.82, 2.24) is 19.6 Å². The molecule has 12 heteroatoms. The summed E-state index contributed by atoms with van der Waals surface area (Å²) < 4.78 is 40.4. The van der Waals surface area contributed by atoms with Crippen molar-refractivity contribution in [3.05, 3.63) is 46.0 Å². The topological polar surface area (TPSA) is 90.7 Å². The summed E-state index contributed by atoms with van der Waals surface area (Å²) in [7, 11) is 1.55. The van der Waals surface area contributed by atoms with Gasteiger partial charge in [-0.3, -0.25) is 9.48 Å². The highest BCUT2D eigenvalue weighted by atomic mass is 35.5. The predicted octanol–water partition coefficient (Wildman–Crippen LogP) is 2.98. The minimum Gasteiger partial charge on any atom is -0.392 e. The number of urea groups is 1. The number of hydrogen-bond acceptors (Lipinski definition) is 4. The summed E-state index contributed by atoms with van der Waals surface area (Å²) in [5.41, 5.74) is 1.87. The Morgan fingerprint density at radius 1 is 1.36 bits per heavy atom. The van der Waals surface area contributed by atoms with Crippen LogP contribution in [0.3, 0.4) is 0 Å². The van der Waals surface area contributed by atoms with Crippen LogP contribution in [0.15, 0.2) is 18.2 Å². The van der Waals surface area contributed by atoms with Crippen molar-refractivity contribution in [2.45, 2.75) is 38.5 Å². The third kappa shape index (κ3) is 4.79. The van der Waals surface area contributed by atoms with Crippen molar-refractivity contribution >= 4 is 29.2 Å². The molecule has 2 aliphatic rings. The summed E-state index contributed by atoms with van der Waals surface area (Å²) in [5, 5.41) is 17.3. The van der Waals surface area contributed by atoms with E-state index in [1.165, 1.54) is 26.6 Å². The molecule has 178 valence electrons. The van der Waals surface area contributed by atoms with E-state index in [2.05, 4.69) is 10.4 Å². The number of aliphatic hydroxyl groups is 1. The summed E-state index contributed by atoms with van der Waals surface area (Å²) >= 11 is 5.77. The minimum absolute atomic E-state index is 0.111. The smallest absolute Gasteiger partial charge is 0.322 e. The number of hydrogen-bond donors (Lipinski definition) is 2. The molecular weight excluding hydrogens is 463 g/mol. The Morgan fingerprint density at radius 2 is 2.12 bits per heavy atom. The molecule has 2 aliphatic heterocycles. The highest BCUT2D eigenvalue weighted by molar-refractivity contribution is 6.31. The molecule has 3 heterocycles. The number of alkyl halides is 2. The van der Waals surface area contributed by atoms with Crippen molar-refractivity contribution in [3.8, 4) is 0 Å². The summed E-state index contributed by atoms with van der Waals surface area (Å²) in [4.78, 5) is 28.7. The lowest BCUT2D eigenvalue weighted by Gasteiger charge is -2.28. The SMILES string of the molecule is CN1CC(C(O)CC(F)F)Cn2nc3c(c2C1=O)CN(C(=O)Nc1ccc(F)c(Cl)c1)CC3. The van der Waals surface area contributed by atoms with E-state index < -0.39 is 36.7 Å². The van der Waals surface area contributed by atoms with Crippen LogP contribution >= 0.6 is 11.6 Å². The van der Waals surface area contributed by atoms with Gasteiger partial charge in [-0.05, 0) is 18.2 Å². The number of nitrogens with zero attached hydrogens (tertiary/aromatic N) is 4. The van der Waals surface area contributed by atoms with Crippen LogP contribution in [0.2, 0.25) is 5.02 Å². The van der Waals surface area contributed by atoms with E-state index >= 15 is 0 Å². The molecule has 1 aromatic carbocycles. The lowest BCUT2D eigenvalue weighted by Crippen LogP contribution is -2.40. The third-order valence-electron chi connectivity index (χ3n) is 5.99. The predicted molar refractivity (Wildman–Crippen MR) is 114 cm³/mol. The molecule has 2 unspecified atom stereocenters. The maximum Gasteiger partial charge on any atom is 0.322 e. The number of anilines is 1. The number of aromatic nitrogens is 2. The van der Waals surface area contributed by atoms with Gasteiger partial charge in [0.05, 0.1) is 23.4 Å². The fraction of sp³-hybridized carbons (Fsp3) is 0.476. The number of rotatable bonds is 4. The number of aliphatic hydroxyl groups excluding tert-OH is 1. The lowest BCUT2D eigenvalue weighted by atomic mass is 9.99. The molecule has 2 atom stereocenters. The molecule has 2 aromatic rings. The van der Waals surface area contributed by atoms with Crippen molar-refractivity contribution < 1.29 is 27.9 Å². The van der Waals surface area contributed by atoms with Gasteiger partial charge < -0.3 is 20.2 Å². The molecule has 0 bridgehead atoms. The minimum atomic E-state index is -2.65. The second-order valence-corrected chi connectivity index (χ2v) is 8.73. The number of carbonyl (C=O) groups is 2. The van der Waals surface area contributed by atoms with Crippen molar-refractivity contribution in [2.75, 3.05) is 25.5 Å². The Morgan fingerprint density at radius 3 is 2.82 bits per heavy atom. The van der Waals surface area contributed by atoms with E-state index in [1.54, 1.807) is 7.05 Å². The summed E-state index contributed by atoms with van der Waals surface area (Å²) in [6.07, 6.45) is -4.21. The molecule has 0 spiro atoms. The second-order valence-electron chi connectivity index (χ2n) is 8.33. The quantitative estimate of drug-likeness (QED) is 0.696. The fourth-order valence-corrected chi connectivity index (χ4v) is 4.44. The van der Waals surface area contributed by atoms with Crippen LogP contribution in [-0.2, 0) is 19.5 Å². The maximum atomic E-state index is 13.4. The van der Waals surface area contributed by atoms with Crippen LogP contribution in [0, 0.1) is 11.7 Å². The second kappa shape index (κ2) is 9.22. The molecular formula is C21H23ClF3N5O3. The first-order chi connectivity index (χ1) is 15.6. The first-order valence-electron chi connectivity index (χ1n) is 10.4. The Kier molecular flexibility index (Phi) is 6.53. The van der Waals surface area contributed by atoms with Gasteiger partial charge in [-0.25, -0.2) is 18.0 Å². The van der Waals surface area contributed by atoms with Crippen molar-refractivity contribution in [3.63, 3.8) is 0 Å². The molecule has 0 saturated heterocycles. The molecule has 0 saturated carbocycles. The number of halogens is 4. The maximum absolute atomic E-state index is 13.4. The summed E-state index contributed by atoms with van der Waals surface area (Å²) in [6, 6.07) is 3.41. The van der Waals surface area contributed by atoms with Crippen LogP contribution in [0.5, 0.6) is 0 Å². The zero-order valence-corrected chi connectivity index (χ0v) is 18.5. The van der Waals surface area contributed by atoms with E-state index in [-0.39, 0.29) is 30.6 Å². The third-order valence-corrected chi connectivity index (χ3v) is 6.28. The van der Waals surface area contributed by atoms with Crippen LogP contribution in [0.4, 0.5) is 23.7 Å². The van der Waals surface area contributed by atoms with E-state index in [0.29, 0.717) is 35.6 Å². The van der Waals surface area contributed by atoms with Gasteiger partial charge in [0.1, 0.15) is 11.5 Å². The fourth-order valence-electron chi connectivity index (χ4n) is 4.26. The first kappa shape index (κ1) is 23.4. The molecule has 0 aliphatic carbocycles. The van der Waals surface area contributed by atoms with Gasteiger partial charge in [-0.1, -0.05) is 11.6 Å². The van der Waals surface area contributed by atoms with E-state index in [1.807, 2.05) is 0 Å². The van der Waals surface area contributed by atoms with Gasteiger partial charge in [0.15, 0.2) is 0 Å². The van der Waals surface area contributed by atoms with Crippen LogP contribution in [-0.4, -0.2) is 69.3 Å². The lowest BCUT2D eigenvalue weighted by molar-refractivity contribution is 0.0168. The Labute approximate surface area is 192 Å². The zero-order chi connectivity index (χ0) is 23.9. The molecule has 33 heavy (non-hydrogen) atoms. The highest BCUT2D eigenvalue weighted by Crippen LogP contribution is 2.29. The Balaban J connectivity index is 1.55. The van der Waals surface area contributed by atoms with Crippen LogP contribution in [0.25, 0.3) is 0 Å². The monoisotopic (exact) mass is 485 g/mol. The molecule has 0 radical (unpaired) electrons. The van der Waals surface area contributed by atoms with E-state index in [0.717, 1.165) is 6.07 Å². The Bertz CT molecular complexity index is 1080. The summed E-state index contributed by atoms with van der Waals surface area (Å²) in [5.74, 6) is -1.54. The number of amides is 3. The standard InChI is InChI=1S/C21H23ClF3N5O3/c1-28-8-11(17(31)7-18(24)25)9-30-19(20(28)32)13-10-29(5-4-16(13)27-30)21(33)26-12-2-3-15(23)14(22)6-12/h2-3,6,11,17-18,31H,4-5,7-10H2,1H3,(H,26,33). The average molecular weight is 486 g/mol. The number of benzene rings is 1. The van der Waals surface area contributed by atoms with Crippen LogP contribution < -0.4 is 5.32 Å². The normalized spacial score (nSPS) is 19.2. The molecule has 2 N–H and O–H groups in total. The highest BCUT2D eigenvalue weighted by Gasteiger charge is 2.37. The largest absolute Gasteiger partial charge is 0.392 e. The van der Waals surface area contributed by atoms with Gasteiger partial charge in [0, 0.05) is 56.7 Å². The van der Waals surface area contributed by atoms with Crippen LogP contribution in [0.1, 0.15) is 28.2 Å². The zero-order valence-electron chi connectivity index (χ0n) is 17.8. The van der Waals surface area contributed by atoms with Crippen molar-refractivity contribution in [1.29, 1.82) is 0 Å². The number of fused-ring (bicyclic) bond motifs is 3. The molecule has 0 fully saturated rings. The van der Waals surface area contributed by atoms with Crippen molar-refractivity contribution in [2.24, 2.45) is 5.92 Å². The average Bonchev–Trinajstić information content (AvgIpc) is 3.05. The first-order valence-corrected chi connectivity index (χ1v) is 10.8. The molecule has 1 aromatic heterocycles. The van der Waals surface area contributed by atoms with Gasteiger partial charge in [0.25, 0.3) is 5.91 Å². The van der Waals surface area contributed by atoms with Gasteiger partial charge in [-0.2, -0.15) is 5.10 Å². The number of nitrogens with one attached hydrogen (secondary N) is 1. The van der Waals surface area contributed by atoms with E-state index in [9.17, 15) is 27.9 Å². The van der Waals surface area contributed by atoms with Gasteiger partial charge in [0.2, 0.25) is 6.43 Å². The molecule has 8 nitrogen and oxygen atoms in total. The van der Waals surface area contributed by atoms with Gasteiger partial charge in [-0.15, -0.1) is 0 Å². The summed E-state index contributed by atoms with van der Waals surface area (Å²) in [6.45, 7) is 0.688. The Hall–Kier alpha value is -2.79. The number of carbonyl (C=O) groups excluding carboxylic acids is 2.